The lowest BCUT2D eigenvalue weighted by atomic mass is 9.36. The SMILES string of the molecule is CC(C)(C)c1ccc(N2c3cccc4c3B(c3ccc(N(c5ccccc5)c5cccc(-c6ccccc6)c5)cc3N4c3ccc(C(C)(C)C)cc3-c3cc4ccc5cccc6ccc(c3)c4c56)c3sc4ccc(C(C)(C)C)cc4c32)cc1. The van der Waals surface area contributed by atoms with Crippen LogP contribution in [0.2, 0.25) is 0 Å². The van der Waals surface area contributed by atoms with E-state index in [1.165, 1.54) is 125 Å². The normalized spacial score (nSPS) is 13.3. The van der Waals surface area contributed by atoms with Gasteiger partial charge in [0, 0.05) is 60.2 Å². The van der Waals surface area contributed by atoms with Gasteiger partial charge in [0.05, 0.1) is 11.4 Å². The first-order chi connectivity index (χ1) is 40.0. The van der Waals surface area contributed by atoms with Crippen LogP contribution in [-0.2, 0) is 16.2 Å². The monoisotopic (exact) mass is 1090 g/mol. The number of fused-ring (bicyclic) bond motifs is 6. The second-order valence-corrected chi connectivity index (χ2v) is 27.3. The molecule has 402 valence electrons. The van der Waals surface area contributed by atoms with Crippen molar-refractivity contribution in [1.82, 2.24) is 0 Å². The highest BCUT2D eigenvalue weighted by molar-refractivity contribution is 7.33. The Kier molecular flexibility index (Phi) is 11.6. The fourth-order valence-electron chi connectivity index (χ4n) is 13.5. The molecule has 0 saturated carbocycles. The van der Waals surface area contributed by atoms with E-state index in [-0.39, 0.29) is 23.0 Å². The number of rotatable bonds is 7. The topological polar surface area (TPSA) is 9.72 Å². The van der Waals surface area contributed by atoms with Crippen molar-refractivity contribution < 1.29 is 0 Å². The standard InChI is InChI=1S/C78H66BN3S/c1-76(2,3)56-33-37-60(38-34-56)81-67-27-18-28-68-73(67)79(75-74(81)64-47-58(78(7,8)9)36-42-70(64)83-75)65-40-39-62(80(59-24-14-11-15-25-59)61-26-17-23-52(45-61)49-19-12-10-13-20-49)48-69(65)82(68)66-41-35-57(77(4,5)6)46-63(66)55-43-53-31-29-50-21-16-22-51-30-32-54(44-55)72(53)71(50)51/h10-48H,1-9H3. The average Bonchev–Trinajstić information content (AvgIpc) is 3.16. The summed E-state index contributed by atoms with van der Waals surface area (Å²) in [5.74, 6) is 0. The zero-order valence-corrected chi connectivity index (χ0v) is 49.7. The molecule has 3 nitrogen and oxygen atoms in total. The summed E-state index contributed by atoms with van der Waals surface area (Å²) in [6.07, 6.45) is 0. The second-order valence-electron chi connectivity index (χ2n) is 26.2. The molecule has 0 saturated heterocycles. The Bertz CT molecular complexity index is 4630. The Labute approximate surface area is 493 Å². The third-order valence-electron chi connectivity index (χ3n) is 17.8. The Morgan fingerprint density at radius 1 is 0.373 bits per heavy atom. The molecule has 1 aromatic heterocycles. The van der Waals surface area contributed by atoms with E-state index in [2.05, 4.69) is 314 Å². The van der Waals surface area contributed by atoms with Gasteiger partial charge in [-0.05, 0) is 190 Å². The van der Waals surface area contributed by atoms with Crippen molar-refractivity contribution in [3.8, 4) is 22.3 Å². The molecule has 83 heavy (non-hydrogen) atoms. The average molecular weight is 1090 g/mol. The Hall–Kier alpha value is -8.90. The molecule has 5 heteroatoms. The zero-order chi connectivity index (χ0) is 56.7. The Balaban J connectivity index is 1.03. The van der Waals surface area contributed by atoms with E-state index in [9.17, 15) is 0 Å². The van der Waals surface area contributed by atoms with Crippen LogP contribution in [0.25, 0.3) is 64.7 Å². The molecule has 0 amide bonds. The predicted octanol–water partition coefficient (Wildman–Crippen LogP) is 20.6. The highest BCUT2D eigenvalue weighted by atomic mass is 32.1. The van der Waals surface area contributed by atoms with E-state index in [0.29, 0.717) is 0 Å². The van der Waals surface area contributed by atoms with Crippen molar-refractivity contribution in [2.75, 3.05) is 14.7 Å². The summed E-state index contributed by atoms with van der Waals surface area (Å²) in [5.41, 5.74) is 21.6. The van der Waals surface area contributed by atoms with Crippen molar-refractivity contribution in [2.45, 2.75) is 78.6 Å². The lowest BCUT2D eigenvalue weighted by Crippen LogP contribution is -2.60. The van der Waals surface area contributed by atoms with E-state index < -0.39 is 0 Å². The van der Waals surface area contributed by atoms with Gasteiger partial charge in [0.1, 0.15) is 0 Å². The molecule has 12 aromatic carbocycles. The second kappa shape index (κ2) is 18.8. The lowest BCUT2D eigenvalue weighted by molar-refractivity contribution is 0.590. The van der Waals surface area contributed by atoms with Gasteiger partial charge in [-0.25, -0.2) is 0 Å². The van der Waals surface area contributed by atoms with Crippen LogP contribution < -0.4 is 30.4 Å². The zero-order valence-electron chi connectivity index (χ0n) is 48.8. The highest BCUT2D eigenvalue weighted by Crippen LogP contribution is 2.52. The summed E-state index contributed by atoms with van der Waals surface area (Å²) in [7, 11) is 0. The van der Waals surface area contributed by atoms with Crippen LogP contribution >= 0.6 is 11.3 Å². The van der Waals surface area contributed by atoms with Gasteiger partial charge in [0.2, 0.25) is 0 Å². The maximum Gasteiger partial charge on any atom is 0.264 e. The smallest absolute Gasteiger partial charge is 0.264 e. The van der Waals surface area contributed by atoms with E-state index in [4.69, 9.17) is 0 Å². The molecular weight excluding hydrogens is 1020 g/mol. The summed E-state index contributed by atoms with van der Waals surface area (Å²) in [6, 6.07) is 90.0. The minimum Gasteiger partial charge on any atom is -0.311 e. The summed E-state index contributed by atoms with van der Waals surface area (Å²) < 4.78 is 2.67. The quantitative estimate of drug-likeness (QED) is 0.116. The van der Waals surface area contributed by atoms with Crippen molar-refractivity contribution in [1.29, 1.82) is 0 Å². The van der Waals surface area contributed by atoms with Crippen molar-refractivity contribution in [3.63, 3.8) is 0 Å². The molecule has 0 unspecified atom stereocenters. The molecule has 13 aromatic rings. The molecule has 2 aliphatic rings. The van der Waals surface area contributed by atoms with Gasteiger partial charge in [0.25, 0.3) is 6.71 Å². The van der Waals surface area contributed by atoms with Gasteiger partial charge in [0.15, 0.2) is 0 Å². The van der Waals surface area contributed by atoms with E-state index >= 15 is 0 Å². The van der Waals surface area contributed by atoms with Gasteiger partial charge in [-0.1, -0.05) is 202 Å². The largest absolute Gasteiger partial charge is 0.311 e. The predicted molar refractivity (Wildman–Crippen MR) is 361 cm³/mol. The first-order valence-corrected chi connectivity index (χ1v) is 30.2. The lowest BCUT2D eigenvalue weighted by Gasteiger charge is -2.44. The van der Waals surface area contributed by atoms with Crippen LogP contribution in [0, 0.1) is 0 Å². The number of benzene rings is 12. The number of para-hydroxylation sites is 1. The number of anilines is 9. The number of hydrogen-bond acceptors (Lipinski definition) is 4. The summed E-state index contributed by atoms with van der Waals surface area (Å²) in [4.78, 5) is 7.70. The van der Waals surface area contributed by atoms with Crippen LogP contribution in [0.3, 0.4) is 0 Å². The Morgan fingerprint density at radius 3 is 1.61 bits per heavy atom. The van der Waals surface area contributed by atoms with Crippen LogP contribution in [0.15, 0.2) is 237 Å². The molecule has 3 heterocycles. The first kappa shape index (κ1) is 51.0. The highest BCUT2D eigenvalue weighted by Gasteiger charge is 2.46. The number of hydrogen-bond donors (Lipinski definition) is 0. The van der Waals surface area contributed by atoms with Crippen LogP contribution in [0.4, 0.5) is 51.2 Å². The molecule has 0 atom stereocenters. The third-order valence-corrected chi connectivity index (χ3v) is 19.0. The maximum absolute atomic E-state index is 2.64. The van der Waals surface area contributed by atoms with Gasteiger partial charge in [-0.2, -0.15) is 0 Å². The first-order valence-electron chi connectivity index (χ1n) is 29.4. The summed E-state index contributed by atoms with van der Waals surface area (Å²) in [5, 5.41) is 9.03. The van der Waals surface area contributed by atoms with E-state index in [1.807, 2.05) is 11.3 Å². The molecule has 0 radical (unpaired) electrons. The van der Waals surface area contributed by atoms with E-state index in [1.54, 1.807) is 0 Å². The summed E-state index contributed by atoms with van der Waals surface area (Å²) >= 11 is 1.97. The van der Waals surface area contributed by atoms with Gasteiger partial charge in [-0.3, -0.25) is 0 Å². The molecule has 0 spiro atoms. The minimum atomic E-state index is -0.106. The van der Waals surface area contributed by atoms with Crippen molar-refractivity contribution >= 4 is 127 Å². The molecule has 0 bridgehead atoms. The van der Waals surface area contributed by atoms with Crippen LogP contribution in [0.5, 0.6) is 0 Å². The van der Waals surface area contributed by atoms with Crippen molar-refractivity contribution in [2.24, 2.45) is 0 Å². The Morgan fingerprint density at radius 2 is 0.928 bits per heavy atom. The molecule has 2 aliphatic heterocycles. The van der Waals surface area contributed by atoms with E-state index in [0.717, 1.165) is 22.7 Å². The van der Waals surface area contributed by atoms with Crippen molar-refractivity contribution in [3.05, 3.63) is 253 Å². The van der Waals surface area contributed by atoms with Crippen LogP contribution in [0.1, 0.15) is 79.0 Å². The summed E-state index contributed by atoms with van der Waals surface area (Å²) in [6.45, 7) is 20.9. The minimum absolute atomic E-state index is 0.0131. The number of nitrogens with zero attached hydrogens (tertiary/aromatic N) is 3. The molecular formula is C78H66BN3S. The van der Waals surface area contributed by atoms with Gasteiger partial charge < -0.3 is 14.7 Å². The number of thiophene rings is 1. The molecule has 0 aliphatic carbocycles. The molecule has 15 rings (SSSR count). The maximum atomic E-state index is 2.64. The molecule has 0 fully saturated rings. The third kappa shape index (κ3) is 8.37. The fraction of sp³-hybridized carbons (Fsp3) is 0.154. The van der Waals surface area contributed by atoms with Gasteiger partial charge in [-0.15, -0.1) is 11.3 Å². The fourth-order valence-corrected chi connectivity index (χ4v) is 14.8. The van der Waals surface area contributed by atoms with Crippen LogP contribution in [-0.4, -0.2) is 6.71 Å². The molecule has 0 N–H and O–H groups in total. The van der Waals surface area contributed by atoms with Gasteiger partial charge >= 0.3 is 0 Å².